The number of aromatic nitrogens is 3. The highest BCUT2D eigenvalue weighted by Crippen LogP contribution is 2.25. The van der Waals surface area contributed by atoms with Crippen molar-refractivity contribution >= 4 is 27.7 Å². The molecule has 0 radical (unpaired) electrons. The van der Waals surface area contributed by atoms with Crippen molar-refractivity contribution in [2.24, 2.45) is 16.8 Å². The fourth-order valence-electron chi connectivity index (χ4n) is 4.09. The smallest absolute Gasteiger partial charge is 0.197 e. The van der Waals surface area contributed by atoms with Gasteiger partial charge < -0.3 is 21.0 Å². The van der Waals surface area contributed by atoms with E-state index in [0.717, 1.165) is 38.9 Å². The summed E-state index contributed by atoms with van der Waals surface area (Å²) in [6, 6.07) is 25.4. The molecule has 6 N–H and O–H groups in total. The summed E-state index contributed by atoms with van der Waals surface area (Å²) in [5.41, 5.74) is 9.59. The second kappa shape index (κ2) is 11.2. The molecule has 0 aliphatic carbocycles. The normalized spacial score (nSPS) is 12.4. The van der Waals surface area contributed by atoms with Crippen molar-refractivity contribution in [2.45, 2.75) is 24.4 Å². The van der Waals surface area contributed by atoms with Crippen LogP contribution in [0.1, 0.15) is 22.4 Å². The topological polar surface area (TPSA) is 144 Å². The lowest BCUT2D eigenvalue weighted by atomic mass is 10.0. The summed E-state index contributed by atoms with van der Waals surface area (Å²) in [6.07, 6.45) is 1.68. The first-order chi connectivity index (χ1) is 18.6. The molecule has 0 saturated heterocycles. The van der Waals surface area contributed by atoms with Crippen LogP contribution in [0.3, 0.4) is 0 Å². The lowest BCUT2D eigenvalue weighted by Gasteiger charge is -2.12. The fourth-order valence-corrected chi connectivity index (χ4v) is 5.19. The number of hydrogen-bond acceptors (Lipinski definition) is 7. The van der Waals surface area contributed by atoms with Gasteiger partial charge in [-0.25, -0.2) is 10.8 Å². The molecule has 5 rings (SSSR count). The Labute approximate surface area is 222 Å². The van der Waals surface area contributed by atoms with Gasteiger partial charge in [-0.2, -0.15) is 5.10 Å². The maximum atomic E-state index is 13.0. The summed E-state index contributed by atoms with van der Waals surface area (Å²) in [4.78, 5) is 12.0. The number of rotatable bonds is 8. The highest BCUT2D eigenvalue weighted by molar-refractivity contribution is 7.84. The summed E-state index contributed by atoms with van der Waals surface area (Å²) >= 11 is 0. The van der Waals surface area contributed by atoms with Crippen molar-refractivity contribution in [3.8, 4) is 16.9 Å². The number of ether oxygens (including phenoxy) is 1. The summed E-state index contributed by atoms with van der Waals surface area (Å²) in [5, 5.41) is 4.11. The van der Waals surface area contributed by atoms with E-state index >= 15 is 0 Å². The van der Waals surface area contributed by atoms with Gasteiger partial charge in [-0.3, -0.25) is 9.19 Å². The minimum Gasteiger partial charge on any atom is -0.489 e. The first kappa shape index (κ1) is 25.1. The lowest BCUT2D eigenvalue weighted by Crippen LogP contribution is -2.32. The predicted octanol–water partition coefficient (Wildman–Crippen LogP) is 3.90. The molecule has 192 valence electrons. The Balaban J connectivity index is 1.25. The highest BCUT2D eigenvalue weighted by atomic mass is 32.2. The molecule has 1 unspecified atom stereocenters. The zero-order chi connectivity index (χ0) is 26.5. The second-order valence-corrected chi connectivity index (χ2v) is 9.98. The van der Waals surface area contributed by atoms with Crippen molar-refractivity contribution in [1.82, 2.24) is 20.4 Å². The van der Waals surface area contributed by atoms with Gasteiger partial charge in [0.25, 0.3) is 0 Å². The number of para-hydroxylation sites is 2. The van der Waals surface area contributed by atoms with Crippen molar-refractivity contribution in [1.29, 1.82) is 0 Å². The standard InChI is InChI=1S/C28H27N7O2S/c1-18-25(17-38(36)28-32-23-7-2-3-8-24(23)33-28)31-14-13-26(18)37-16-19-9-11-20(12-10-19)21-5-4-6-22(15-21)27(34-29)35-30/h2-15H,16-17,29-30H2,1H3,(H,32,33)(H,34,35). The first-order valence-corrected chi connectivity index (χ1v) is 13.2. The van der Waals surface area contributed by atoms with Gasteiger partial charge in [-0.15, -0.1) is 0 Å². The third-order valence-electron chi connectivity index (χ3n) is 6.19. The van der Waals surface area contributed by atoms with Crippen LogP contribution < -0.4 is 21.8 Å². The Morgan fingerprint density at radius 1 is 1.05 bits per heavy atom. The molecule has 3 aromatic carbocycles. The van der Waals surface area contributed by atoms with Crippen LogP contribution in [0.2, 0.25) is 0 Å². The molecule has 10 heteroatoms. The molecule has 1 atom stereocenters. The van der Waals surface area contributed by atoms with Crippen molar-refractivity contribution < 1.29 is 8.95 Å². The number of hydrazone groups is 1. The van der Waals surface area contributed by atoms with Crippen molar-refractivity contribution in [3.63, 3.8) is 0 Å². The fraction of sp³-hybridized carbons (Fsp3) is 0.107. The maximum Gasteiger partial charge on any atom is 0.197 e. The molecule has 2 heterocycles. The van der Waals surface area contributed by atoms with E-state index in [1.54, 1.807) is 6.20 Å². The molecule has 9 nitrogen and oxygen atoms in total. The summed E-state index contributed by atoms with van der Waals surface area (Å²) in [5.74, 6) is 12.2. The van der Waals surface area contributed by atoms with E-state index in [-0.39, 0.29) is 5.75 Å². The number of nitrogens with zero attached hydrogens (tertiary/aromatic N) is 3. The molecule has 0 aliphatic heterocycles. The number of nitrogens with one attached hydrogen (secondary N) is 2. The number of H-pyrrole nitrogens is 1. The SMILES string of the molecule is Cc1c(OCc2ccc(-c3cccc(/C(=N/N)NN)c3)cc2)ccnc1CS(=O)c1nc2ccccc2[nH]1. The number of hydrogen-bond donors (Lipinski definition) is 4. The van der Waals surface area contributed by atoms with Crippen molar-refractivity contribution in [3.05, 3.63) is 107 Å². The van der Waals surface area contributed by atoms with Gasteiger partial charge >= 0.3 is 0 Å². The Hall–Kier alpha value is -4.54. The van der Waals surface area contributed by atoms with Gasteiger partial charge in [-0.1, -0.05) is 54.6 Å². The van der Waals surface area contributed by atoms with Gasteiger partial charge in [0.1, 0.15) is 12.4 Å². The van der Waals surface area contributed by atoms with Crippen LogP contribution in [0.25, 0.3) is 22.2 Å². The number of aromatic amines is 1. The Bertz CT molecular complexity index is 1600. The van der Waals surface area contributed by atoms with E-state index in [1.165, 1.54) is 0 Å². The molecule has 0 bridgehead atoms. The lowest BCUT2D eigenvalue weighted by molar-refractivity contribution is 0.303. The van der Waals surface area contributed by atoms with Gasteiger partial charge in [0.15, 0.2) is 11.0 Å². The van der Waals surface area contributed by atoms with E-state index < -0.39 is 10.8 Å². The van der Waals surface area contributed by atoms with Crippen LogP contribution >= 0.6 is 0 Å². The molecule has 0 fully saturated rings. The molecular formula is C28H27N7O2S. The third kappa shape index (κ3) is 5.41. The predicted molar refractivity (Wildman–Crippen MR) is 149 cm³/mol. The monoisotopic (exact) mass is 525 g/mol. The van der Waals surface area contributed by atoms with Gasteiger partial charge in [0.05, 0.1) is 33.3 Å². The zero-order valence-electron chi connectivity index (χ0n) is 20.7. The molecular weight excluding hydrogens is 498 g/mol. The largest absolute Gasteiger partial charge is 0.489 e. The van der Waals surface area contributed by atoms with Crippen molar-refractivity contribution in [2.75, 3.05) is 0 Å². The van der Waals surface area contributed by atoms with E-state index in [9.17, 15) is 4.21 Å². The molecule has 0 aliphatic rings. The Kier molecular flexibility index (Phi) is 7.43. The minimum absolute atomic E-state index is 0.243. The average Bonchev–Trinajstić information content (AvgIpc) is 3.39. The second-order valence-electron chi connectivity index (χ2n) is 8.62. The van der Waals surface area contributed by atoms with E-state index in [0.29, 0.717) is 29.0 Å². The van der Waals surface area contributed by atoms with Gasteiger partial charge in [0.2, 0.25) is 0 Å². The number of imidazole rings is 1. The average molecular weight is 526 g/mol. The summed E-state index contributed by atoms with van der Waals surface area (Å²) in [7, 11) is -1.36. The van der Waals surface area contributed by atoms with Gasteiger partial charge in [0, 0.05) is 17.3 Å². The number of benzene rings is 3. The molecule has 0 amide bonds. The van der Waals surface area contributed by atoms with Crippen LogP contribution in [-0.2, 0) is 23.2 Å². The number of fused-ring (bicyclic) bond motifs is 1. The number of nitrogens with two attached hydrogens (primary N) is 2. The van der Waals surface area contributed by atoms with E-state index in [4.69, 9.17) is 16.4 Å². The molecule has 38 heavy (non-hydrogen) atoms. The van der Waals surface area contributed by atoms with Crippen LogP contribution in [0.4, 0.5) is 0 Å². The molecule has 2 aromatic heterocycles. The van der Waals surface area contributed by atoms with Gasteiger partial charge in [-0.05, 0) is 47.9 Å². The van der Waals surface area contributed by atoms with Crippen LogP contribution in [0, 0.1) is 6.92 Å². The Morgan fingerprint density at radius 3 is 2.63 bits per heavy atom. The van der Waals surface area contributed by atoms with Crippen LogP contribution in [0.15, 0.2) is 95.3 Å². The molecule has 0 saturated carbocycles. The van der Waals surface area contributed by atoms with Crippen LogP contribution in [-0.4, -0.2) is 25.0 Å². The molecule has 5 aromatic rings. The molecule has 0 spiro atoms. The highest BCUT2D eigenvalue weighted by Gasteiger charge is 2.15. The van der Waals surface area contributed by atoms with E-state index in [1.807, 2.05) is 85.8 Å². The number of pyridine rings is 1. The zero-order valence-corrected chi connectivity index (χ0v) is 21.5. The van der Waals surface area contributed by atoms with Crippen LogP contribution in [0.5, 0.6) is 5.75 Å². The minimum atomic E-state index is -1.36. The Morgan fingerprint density at radius 2 is 1.87 bits per heavy atom. The maximum absolute atomic E-state index is 13.0. The van der Waals surface area contributed by atoms with E-state index in [2.05, 4.69) is 25.5 Å². The quantitative estimate of drug-likeness (QED) is 0.104. The number of hydrazine groups is 1. The number of amidine groups is 1. The first-order valence-electron chi connectivity index (χ1n) is 11.9. The summed E-state index contributed by atoms with van der Waals surface area (Å²) < 4.78 is 19.1. The third-order valence-corrected chi connectivity index (χ3v) is 7.35. The summed E-state index contributed by atoms with van der Waals surface area (Å²) in [6.45, 7) is 2.32.